The fourth-order valence-corrected chi connectivity index (χ4v) is 1.08. The molecule has 0 bridgehead atoms. The monoisotopic (exact) mass is 217 g/mol. The van der Waals surface area contributed by atoms with Crippen molar-refractivity contribution < 1.29 is 21.3 Å². The standard InChI is InChI=1S/C7H4FNO4S/c8-14(11,12)13-7-3-1-6(2-4-7)9-5-10/h1-4H. The summed E-state index contributed by atoms with van der Waals surface area (Å²) in [7, 11) is -5.01. The van der Waals surface area contributed by atoms with Gasteiger partial charge in [-0.2, -0.15) is 13.4 Å². The molecular weight excluding hydrogens is 213 g/mol. The Morgan fingerprint density at radius 2 is 1.86 bits per heavy atom. The third-order valence-corrected chi connectivity index (χ3v) is 1.60. The SMILES string of the molecule is O=C=Nc1ccc(OS(=O)(=O)F)cc1. The van der Waals surface area contributed by atoms with Crippen LogP contribution < -0.4 is 4.18 Å². The molecule has 1 aromatic carbocycles. The van der Waals surface area contributed by atoms with Crippen LogP contribution in [0.3, 0.4) is 0 Å². The lowest BCUT2D eigenvalue weighted by Crippen LogP contribution is -2.00. The van der Waals surface area contributed by atoms with Crippen molar-refractivity contribution in [1.82, 2.24) is 0 Å². The molecule has 0 fully saturated rings. The molecule has 0 spiro atoms. The van der Waals surface area contributed by atoms with Crippen LogP contribution in [0.4, 0.5) is 9.57 Å². The van der Waals surface area contributed by atoms with Gasteiger partial charge < -0.3 is 4.18 Å². The summed E-state index contributed by atoms with van der Waals surface area (Å²) in [6.07, 6.45) is 1.29. The number of nitrogens with zero attached hydrogens (tertiary/aromatic N) is 1. The summed E-state index contributed by atoms with van der Waals surface area (Å²) in [6.45, 7) is 0. The smallest absolute Gasteiger partial charge is 0.358 e. The summed E-state index contributed by atoms with van der Waals surface area (Å²) in [6, 6.07) is 4.89. The second-order valence-corrected chi connectivity index (χ2v) is 3.13. The van der Waals surface area contributed by atoms with Crippen LogP contribution in [0.25, 0.3) is 0 Å². The number of carbonyl (C=O) groups excluding carboxylic acids is 1. The van der Waals surface area contributed by atoms with E-state index in [1.165, 1.54) is 18.2 Å². The Morgan fingerprint density at radius 1 is 1.29 bits per heavy atom. The van der Waals surface area contributed by atoms with E-state index in [0.29, 0.717) is 0 Å². The molecule has 74 valence electrons. The third kappa shape index (κ3) is 3.34. The van der Waals surface area contributed by atoms with Gasteiger partial charge in [-0.1, -0.05) is 3.89 Å². The van der Waals surface area contributed by atoms with Crippen LogP contribution in [-0.2, 0) is 15.3 Å². The summed E-state index contributed by atoms with van der Waals surface area (Å²) in [5.41, 5.74) is 0.267. The van der Waals surface area contributed by atoms with E-state index >= 15 is 0 Å². The number of rotatable bonds is 3. The van der Waals surface area contributed by atoms with Gasteiger partial charge in [-0.05, 0) is 24.3 Å². The molecule has 14 heavy (non-hydrogen) atoms. The van der Waals surface area contributed by atoms with E-state index in [4.69, 9.17) is 0 Å². The van der Waals surface area contributed by atoms with Gasteiger partial charge in [0.2, 0.25) is 6.08 Å². The van der Waals surface area contributed by atoms with Crippen molar-refractivity contribution in [3.8, 4) is 5.75 Å². The Kier molecular flexibility index (Phi) is 2.95. The fourth-order valence-electron chi connectivity index (χ4n) is 0.744. The molecule has 0 aliphatic carbocycles. The van der Waals surface area contributed by atoms with Crippen LogP contribution in [0.2, 0.25) is 0 Å². The van der Waals surface area contributed by atoms with Crippen molar-refractivity contribution in [3.63, 3.8) is 0 Å². The van der Waals surface area contributed by atoms with Crippen LogP contribution in [0, 0.1) is 0 Å². The molecule has 0 aliphatic rings. The second-order valence-electron chi connectivity index (χ2n) is 2.17. The molecule has 0 aromatic heterocycles. The molecule has 0 saturated carbocycles. The zero-order chi connectivity index (χ0) is 10.6. The van der Waals surface area contributed by atoms with Crippen LogP contribution in [-0.4, -0.2) is 14.5 Å². The van der Waals surface area contributed by atoms with Gasteiger partial charge in [0.05, 0.1) is 5.69 Å². The Morgan fingerprint density at radius 3 is 2.29 bits per heavy atom. The van der Waals surface area contributed by atoms with Gasteiger partial charge in [-0.25, -0.2) is 4.79 Å². The van der Waals surface area contributed by atoms with Gasteiger partial charge in [0.1, 0.15) is 5.75 Å². The van der Waals surface area contributed by atoms with Gasteiger partial charge in [0.15, 0.2) is 0 Å². The lowest BCUT2D eigenvalue weighted by Gasteiger charge is -1.98. The van der Waals surface area contributed by atoms with Crippen LogP contribution >= 0.6 is 0 Å². The minimum Gasteiger partial charge on any atom is -0.358 e. The molecular formula is C7H4FNO4S. The van der Waals surface area contributed by atoms with Crippen LogP contribution in [0.5, 0.6) is 5.75 Å². The minimum absolute atomic E-state index is 0.197. The predicted molar refractivity (Wildman–Crippen MR) is 44.9 cm³/mol. The highest BCUT2D eigenvalue weighted by Crippen LogP contribution is 2.19. The quantitative estimate of drug-likeness (QED) is 0.434. The Hall–Kier alpha value is -1.72. The van der Waals surface area contributed by atoms with Crippen molar-refractivity contribution in [2.24, 2.45) is 4.99 Å². The van der Waals surface area contributed by atoms with Crippen molar-refractivity contribution in [1.29, 1.82) is 0 Å². The van der Waals surface area contributed by atoms with Gasteiger partial charge in [0.25, 0.3) is 0 Å². The van der Waals surface area contributed by atoms with Gasteiger partial charge in [-0.3, -0.25) is 0 Å². The first-order valence-corrected chi connectivity index (χ1v) is 4.64. The molecule has 0 atom stereocenters. The number of benzene rings is 1. The van der Waals surface area contributed by atoms with Gasteiger partial charge >= 0.3 is 10.5 Å². The zero-order valence-electron chi connectivity index (χ0n) is 6.68. The molecule has 0 amide bonds. The molecule has 5 nitrogen and oxygen atoms in total. The zero-order valence-corrected chi connectivity index (χ0v) is 7.49. The number of halogens is 1. The molecule has 1 aromatic rings. The Balaban J connectivity index is 2.89. The molecule has 0 saturated heterocycles. The molecule has 7 heteroatoms. The normalized spacial score (nSPS) is 10.4. The van der Waals surface area contributed by atoms with E-state index in [1.807, 2.05) is 0 Å². The van der Waals surface area contributed by atoms with E-state index in [2.05, 4.69) is 9.18 Å². The maximum absolute atomic E-state index is 12.0. The van der Waals surface area contributed by atoms with E-state index in [1.54, 1.807) is 0 Å². The summed E-state index contributed by atoms with van der Waals surface area (Å²) in [4.78, 5) is 13.0. The highest BCUT2D eigenvalue weighted by molar-refractivity contribution is 7.81. The average molecular weight is 217 g/mol. The molecule has 0 aliphatic heterocycles. The maximum Gasteiger partial charge on any atom is 0.488 e. The maximum atomic E-state index is 12.0. The number of isocyanates is 1. The molecule has 0 N–H and O–H groups in total. The second kappa shape index (κ2) is 3.99. The van der Waals surface area contributed by atoms with Gasteiger partial charge in [-0.15, -0.1) is 0 Å². The van der Waals surface area contributed by atoms with E-state index in [9.17, 15) is 17.1 Å². The lowest BCUT2D eigenvalue weighted by atomic mass is 10.3. The van der Waals surface area contributed by atoms with Crippen molar-refractivity contribution in [2.75, 3.05) is 0 Å². The Bertz CT molecular complexity index is 461. The summed E-state index contributed by atoms with van der Waals surface area (Å²) in [5.74, 6) is -0.197. The van der Waals surface area contributed by atoms with Crippen molar-refractivity contribution in [2.45, 2.75) is 0 Å². The van der Waals surface area contributed by atoms with Crippen LogP contribution in [0.15, 0.2) is 29.3 Å². The number of hydrogen-bond acceptors (Lipinski definition) is 5. The topological polar surface area (TPSA) is 72.8 Å². The Labute approximate surface area is 79.3 Å². The lowest BCUT2D eigenvalue weighted by molar-refractivity contribution is 0.440. The third-order valence-electron chi connectivity index (χ3n) is 1.21. The number of aliphatic imine (C=N–C) groups is 1. The van der Waals surface area contributed by atoms with E-state index < -0.39 is 10.5 Å². The van der Waals surface area contributed by atoms with Crippen molar-refractivity contribution >= 4 is 22.3 Å². The highest BCUT2D eigenvalue weighted by Gasteiger charge is 2.08. The highest BCUT2D eigenvalue weighted by atomic mass is 32.3. The first-order chi connectivity index (χ1) is 6.51. The largest absolute Gasteiger partial charge is 0.488 e. The minimum atomic E-state index is -5.01. The van der Waals surface area contributed by atoms with E-state index in [-0.39, 0.29) is 11.4 Å². The average Bonchev–Trinajstić information content (AvgIpc) is 2.06. The van der Waals surface area contributed by atoms with Gasteiger partial charge in [0, 0.05) is 0 Å². The summed E-state index contributed by atoms with van der Waals surface area (Å²) >= 11 is 0. The fraction of sp³-hybridized carbons (Fsp3) is 0. The molecule has 1 rings (SSSR count). The van der Waals surface area contributed by atoms with Crippen molar-refractivity contribution in [3.05, 3.63) is 24.3 Å². The molecule has 0 radical (unpaired) electrons. The summed E-state index contributed by atoms with van der Waals surface area (Å²) in [5, 5.41) is 0. The summed E-state index contributed by atoms with van der Waals surface area (Å²) < 4.78 is 36.0. The van der Waals surface area contributed by atoms with E-state index in [0.717, 1.165) is 12.1 Å². The van der Waals surface area contributed by atoms with Crippen LogP contribution in [0.1, 0.15) is 0 Å². The first kappa shape index (κ1) is 10.4. The predicted octanol–water partition coefficient (Wildman–Crippen LogP) is 1.25. The first-order valence-electron chi connectivity index (χ1n) is 3.33. The molecule has 0 heterocycles. The number of hydrogen-bond donors (Lipinski definition) is 0. The molecule has 0 unspecified atom stereocenters.